The van der Waals surface area contributed by atoms with Gasteiger partial charge < -0.3 is 26.2 Å². The summed E-state index contributed by atoms with van der Waals surface area (Å²) in [5.41, 5.74) is 6.29. The predicted octanol–water partition coefficient (Wildman–Crippen LogP) is -0.753. The Balaban J connectivity index is 2.22. The van der Waals surface area contributed by atoms with E-state index in [1.54, 1.807) is 19.2 Å². The highest BCUT2D eigenvalue weighted by Crippen LogP contribution is 2.23. The Morgan fingerprint density at radius 1 is 1.38 bits per heavy atom. The van der Waals surface area contributed by atoms with Gasteiger partial charge in [-0.25, -0.2) is 4.98 Å². The van der Waals surface area contributed by atoms with Gasteiger partial charge in [-0.3, -0.25) is 0 Å². The van der Waals surface area contributed by atoms with E-state index in [1.165, 1.54) is 0 Å². The molecule has 1 aromatic rings. The van der Waals surface area contributed by atoms with Crippen molar-refractivity contribution >= 4 is 17.3 Å². The van der Waals surface area contributed by atoms with Gasteiger partial charge in [0.2, 0.25) is 0 Å². The van der Waals surface area contributed by atoms with Gasteiger partial charge in [0.1, 0.15) is 5.82 Å². The van der Waals surface area contributed by atoms with Gasteiger partial charge in [0.25, 0.3) is 0 Å². The molecule has 6 nitrogen and oxygen atoms in total. The van der Waals surface area contributed by atoms with E-state index in [0.717, 1.165) is 0 Å². The fourth-order valence-electron chi connectivity index (χ4n) is 1.79. The highest BCUT2D eigenvalue weighted by atomic mass is 16.3. The molecule has 0 aromatic carbocycles. The van der Waals surface area contributed by atoms with Gasteiger partial charge in [-0.2, -0.15) is 0 Å². The molecule has 1 fully saturated rings. The fourth-order valence-corrected chi connectivity index (χ4v) is 1.79. The van der Waals surface area contributed by atoms with Crippen molar-refractivity contribution in [2.45, 2.75) is 12.2 Å². The number of aromatic nitrogens is 1. The van der Waals surface area contributed by atoms with Crippen molar-refractivity contribution in [1.82, 2.24) is 4.98 Å². The van der Waals surface area contributed by atoms with Crippen molar-refractivity contribution < 1.29 is 10.2 Å². The topological polar surface area (TPSA) is 94.6 Å². The van der Waals surface area contributed by atoms with Gasteiger partial charge in [-0.1, -0.05) is 0 Å². The monoisotopic (exact) mass is 224 g/mol. The molecule has 1 saturated heterocycles. The molecule has 16 heavy (non-hydrogen) atoms. The smallest absolute Gasteiger partial charge is 0.151 e. The molecular weight excluding hydrogens is 208 g/mol. The van der Waals surface area contributed by atoms with Crippen LogP contribution in [0.3, 0.4) is 0 Å². The molecule has 1 aliphatic rings. The first-order valence-electron chi connectivity index (χ1n) is 5.17. The third kappa shape index (κ3) is 1.89. The van der Waals surface area contributed by atoms with Crippen molar-refractivity contribution in [3.63, 3.8) is 0 Å². The van der Waals surface area contributed by atoms with E-state index in [9.17, 15) is 10.2 Å². The maximum atomic E-state index is 9.45. The molecule has 5 N–H and O–H groups in total. The number of nitrogens with zero attached hydrogens (tertiary/aromatic N) is 2. The van der Waals surface area contributed by atoms with Crippen LogP contribution in [0, 0.1) is 0 Å². The van der Waals surface area contributed by atoms with Gasteiger partial charge in [0, 0.05) is 20.1 Å². The molecule has 2 heterocycles. The summed E-state index contributed by atoms with van der Waals surface area (Å²) < 4.78 is 0. The Bertz CT molecular complexity index is 375. The molecule has 0 spiro atoms. The zero-order valence-corrected chi connectivity index (χ0v) is 9.09. The third-order valence-corrected chi connectivity index (χ3v) is 2.73. The molecule has 6 heteroatoms. The first-order valence-corrected chi connectivity index (χ1v) is 5.17. The molecule has 0 amide bonds. The van der Waals surface area contributed by atoms with E-state index in [2.05, 4.69) is 10.3 Å². The first-order chi connectivity index (χ1) is 7.61. The number of rotatable bonds is 2. The zero-order chi connectivity index (χ0) is 11.7. The lowest BCUT2D eigenvalue weighted by molar-refractivity contribution is 0.0572. The highest BCUT2D eigenvalue weighted by Gasteiger charge is 2.30. The third-order valence-electron chi connectivity index (χ3n) is 2.73. The SMILES string of the molecule is CNc1nc(N2CC(O)C(O)C2)ccc1N. The number of hydrogen-bond donors (Lipinski definition) is 4. The summed E-state index contributed by atoms with van der Waals surface area (Å²) in [6.45, 7) is 0.780. The van der Waals surface area contributed by atoms with Crippen molar-refractivity contribution in [2.24, 2.45) is 0 Å². The zero-order valence-electron chi connectivity index (χ0n) is 9.09. The average Bonchev–Trinajstić information content (AvgIpc) is 2.60. The molecule has 2 rings (SSSR count). The quantitative estimate of drug-likeness (QED) is 0.528. The van der Waals surface area contributed by atoms with Crippen LogP contribution in [-0.2, 0) is 0 Å². The van der Waals surface area contributed by atoms with E-state index in [1.807, 2.05) is 4.90 Å². The molecule has 0 aliphatic carbocycles. The van der Waals surface area contributed by atoms with Crippen LogP contribution in [0.5, 0.6) is 0 Å². The molecule has 0 radical (unpaired) electrons. The van der Waals surface area contributed by atoms with Crippen LogP contribution in [0.2, 0.25) is 0 Å². The van der Waals surface area contributed by atoms with Crippen LogP contribution in [0.1, 0.15) is 0 Å². The Kier molecular flexibility index (Phi) is 2.84. The van der Waals surface area contributed by atoms with Crippen molar-refractivity contribution in [2.75, 3.05) is 36.1 Å². The summed E-state index contributed by atoms with van der Waals surface area (Å²) in [5.74, 6) is 1.31. The molecule has 1 aliphatic heterocycles. The summed E-state index contributed by atoms with van der Waals surface area (Å²) in [4.78, 5) is 6.14. The number of anilines is 3. The van der Waals surface area contributed by atoms with Crippen LogP contribution in [-0.4, -0.2) is 47.5 Å². The maximum Gasteiger partial charge on any atom is 0.151 e. The summed E-state index contributed by atoms with van der Waals surface area (Å²) in [6.07, 6.45) is -1.42. The van der Waals surface area contributed by atoms with Gasteiger partial charge in [0.15, 0.2) is 5.82 Å². The molecule has 0 saturated carbocycles. The minimum Gasteiger partial charge on any atom is -0.396 e. The summed E-state index contributed by atoms with van der Waals surface area (Å²) >= 11 is 0. The Morgan fingerprint density at radius 2 is 2.00 bits per heavy atom. The van der Waals surface area contributed by atoms with Crippen LogP contribution in [0.15, 0.2) is 12.1 Å². The standard InChI is InChI=1S/C10H16N4O2/c1-12-10-6(11)2-3-9(13-10)14-4-7(15)8(16)5-14/h2-3,7-8,15-16H,4-5,11H2,1H3,(H,12,13). The number of β-amino-alcohol motifs (C(OH)–C–C–N with tert-alkyl or cyclic N) is 2. The van der Waals surface area contributed by atoms with E-state index >= 15 is 0 Å². The molecule has 88 valence electrons. The maximum absolute atomic E-state index is 9.45. The predicted molar refractivity (Wildman–Crippen MR) is 62.4 cm³/mol. The number of aliphatic hydroxyl groups excluding tert-OH is 2. The Hall–Kier alpha value is -1.53. The van der Waals surface area contributed by atoms with Crippen molar-refractivity contribution in [3.8, 4) is 0 Å². The van der Waals surface area contributed by atoms with Gasteiger partial charge in [-0.15, -0.1) is 0 Å². The number of nitrogens with one attached hydrogen (secondary N) is 1. The number of pyridine rings is 1. The molecule has 1 aromatic heterocycles. The normalized spacial score (nSPS) is 24.8. The van der Waals surface area contributed by atoms with Crippen LogP contribution in [0.25, 0.3) is 0 Å². The summed E-state index contributed by atoms with van der Waals surface area (Å²) in [6, 6.07) is 3.53. The lowest BCUT2D eigenvalue weighted by Crippen LogP contribution is -2.22. The Labute approximate surface area is 93.7 Å². The minimum atomic E-state index is -0.711. The van der Waals surface area contributed by atoms with E-state index in [0.29, 0.717) is 30.4 Å². The average molecular weight is 224 g/mol. The lowest BCUT2D eigenvalue weighted by Gasteiger charge is -2.17. The van der Waals surface area contributed by atoms with E-state index in [-0.39, 0.29) is 0 Å². The second-order valence-corrected chi connectivity index (χ2v) is 3.90. The number of hydrogen-bond acceptors (Lipinski definition) is 6. The van der Waals surface area contributed by atoms with Crippen LogP contribution in [0.4, 0.5) is 17.3 Å². The molecular formula is C10H16N4O2. The highest BCUT2D eigenvalue weighted by molar-refractivity contribution is 5.64. The van der Waals surface area contributed by atoms with Gasteiger partial charge in [0.05, 0.1) is 17.9 Å². The van der Waals surface area contributed by atoms with E-state index in [4.69, 9.17) is 5.73 Å². The van der Waals surface area contributed by atoms with Crippen molar-refractivity contribution in [3.05, 3.63) is 12.1 Å². The van der Waals surface area contributed by atoms with Crippen LogP contribution < -0.4 is 16.0 Å². The van der Waals surface area contributed by atoms with Gasteiger partial charge >= 0.3 is 0 Å². The largest absolute Gasteiger partial charge is 0.396 e. The minimum absolute atomic E-state index is 0.390. The first kappa shape index (κ1) is 11.0. The second kappa shape index (κ2) is 4.15. The molecule has 0 bridgehead atoms. The number of nitrogen functional groups attached to an aromatic ring is 1. The summed E-state index contributed by atoms with van der Waals surface area (Å²) in [5, 5.41) is 21.8. The lowest BCUT2D eigenvalue weighted by atomic mass is 10.3. The summed E-state index contributed by atoms with van der Waals surface area (Å²) in [7, 11) is 1.75. The van der Waals surface area contributed by atoms with Crippen molar-refractivity contribution in [1.29, 1.82) is 0 Å². The second-order valence-electron chi connectivity index (χ2n) is 3.90. The fraction of sp³-hybridized carbons (Fsp3) is 0.500. The Morgan fingerprint density at radius 3 is 2.56 bits per heavy atom. The van der Waals surface area contributed by atoms with Crippen LogP contribution >= 0.6 is 0 Å². The number of aliphatic hydroxyl groups is 2. The van der Waals surface area contributed by atoms with E-state index < -0.39 is 12.2 Å². The molecule has 2 atom stereocenters. The van der Waals surface area contributed by atoms with Gasteiger partial charge in [-0.05, 0) is 12.1 Å². The molecule has 2 unspecified atom stereocenters. The number of nitrogens with two attached hydrogens (primary N) is 1.